The molecule has 7 saturated heterocycles. The lowest BCUT2D eigenvalue weighted by Crippen LogP contribution is -3.01. The summed E-state index contributed by atoms with van der Waals surface area (Å²) >= 11 is 0. The Balaban J connectivity index is 0.820. The van der Waals surface area contributed by atoms with Gasteiger partial charge in [-0.15, -0.1) is 0 Å². The number of fused-ring (bicyclic) bond motifs is 4. The summed E-state index contributed by atoms with van der Waals surface area (Å²) < 4.78 is 107. The number of nitrogens with zero attached hydrogens (tertiary/aromatic N) is 2. The van der Waals surface area contributed by atoms with Crippen molar-refractivity contribution in [1.29, 1.82) is 0 Å². The minimum absolute atomic E-state index is 0.0224. The summed E-state index contributed by atoms with van der Waals surface area (Å²) in [6, 6.07) is 68.9. The van der Waals surface area contributed by atoms with Crippen LogP contribution in [-0.2, 0) is 49.7 Å². The molecule has 7 aliphatic carbocycles. The molecular formula is C80H94N2O12Si8. The molecule has 22 heteroatoms. The van der Waals surface area contributed by atoms with E-state index < -0.39 is 75.0 Å². The Hall–Kier alpha value is -4.86. The van der Waals surface area contributed by atoms with Crippen LogP contribution in [0.1, 0.15) is 180 Å². The molecule has 22 rings (SSSR count). The largest absolute Gasteiger partial charge is 0.515 e. The zero-order chi connectivity index (χ0) is 67.4. The van der Waals surface area contributed by atoms with E-state index in [1.807, 2.05) is 0 Å². The van der Waals surface area contributed by atoms with Gasteiger partial charge in [0.2, 0.25) is 0 Å². The molecule has 14 nitrogen and oxygen atoms in total. The van der Waals surface area contributed by atoms with E-state index in [0.717, 1.165) is 241 Å². The average Bonchev–Trinajstić information content (AvgIpc) is 1.30. The molecule has 0 aromatic heterocycles. The van der Waals surface area contributed by atoms with Crippen molar-refractivity contribution < 1.29 is 49.7 Å². The van der Waals surface area contributed by atoms with Crippen LogP contribution in [0.4, 0.5) is 34.1 Å². The van der Waals surface area contributed by atoms with E-state index >= 15 is 0 Å². The van der Waals surface area contributed by atoms with Gasteiger partial charge in [0.15, 0.2) is 4.85 Å². The maximum Gasteiger partial charge on any atom is 0.515 e. The predicted octanol–water partition coefficient (Wildman–Crippen LogP) is 20.8. The van der Waals surface area contributed by atoms with Crippen molar-refractivity contribution in [2.45, 2.75) is 218 Å². The fourth-order valence-corrected chi connectivity index (χ4v) is 80.8. The lowest BCUT2D eigenvalue weighted by molar-refractivity contribution is -0.0577. The molecule has 9 atom stereocenters. The lowest BCUT2D eigenvalue weighted by Gasteiger charge is -2.71. The molecule has 0 amide bonds. The van der Waals surface area contributed by atoms with Crippen LogP contribution in [-0.4, -0.2) is 75.0 Å². The topological polar surface area (TPSA) is 117 Å². The average molecular weight is 1500 g/mol. The Bertz CT molecular complexity index is 4330. The zero-order valence-electron chi connectivity index (χ0n) is 58.5. The van der Waals surface area contributed by atoms with Crippen molar-refractivity contribution in [2.24, 2.45) is 5.92 Å². The summed E-state index contributed by atoms with van der Waals surface area (Å²) in [5, 5.41) is 5.50. The van der Waals surface area contributed by atoms with Crippen molar-refractivity contribution in [3.05, 3.63) is 188 Å². The van der Waals surface area contributed by atoms with Gasteiger partial charge in [-0.2, -0.15) is 0 Å². The van der Waals surface area contributed by atoms with Crippen molar-refractivity contribution in [3.8, 4) is 11.1 Å². The second-order valence-electron chi connectivity index (χ2n) is 32.3. The van der Waals surface area contributed by atoms with E-state index in [-0.39, 0.29) is 39.2 Å². The molecule has 7 aliphatic heterocycles. The molecule has 8 aromatic carbocycles. The first-order valence-electron chi connectivity index (χ1n) is 39.5. The Morgan fingerprint density at radius 3 is 1.15 bits per heavy atom. The van der Waals surface area contributed by atoms with Crippen LogP contribution in [0.15, 0.2) is 188 Å². The van der Waals surface area contributed by atoms with Crippen molar-refractivity contribution in [1.82, 2.24) is 0 Å². The SMILES string of the molecule is c1ccc(N(c2cc(-c3ccc([Si]45O[Si]6(C7CCCC7)O[Si]7(C8CCCC8)O[Si]8(C9CCCC9)OC9(C%10CCCC%10)[Si](O4)(O[Si](C4CCCC4)(O8)O6)O[Si]9(C4CCCC4)O[Si](C4CCCC4)(O5)O7)cc3)cc(N(c3ccccc3)c3cccc4ccccc34)c2)c2cccc3ccccc23)cc1. The summed E-state index contributed by atoms with van der Waals surface area (Å²) in [6.45, 7) is 0. The molecule has 1 spiro atoms. The Kier molecular flexibility index (Phi) is 16.1. The van der Waals surface area contributed by atoms with E-state index in [1.165, 1.54) is 10.8 Å². The van der Waals surface area contributed by atoms with Gasteiger partial charge in [-0.25, -0.2) is 0 Å². The zero-order valence-corrected chi connectivity index (χ0v) is 66.5. The second-order valence-corrected chi connectivity index (χ2v) is 58.5. The highest BCUT2D eigenvalue weighted by atomic mass is 28.6. The molecule has 7 saturated carbocycles. The summed E-state index contributed by atoms with van der Waals surface area (Å²) in [7, 11) is -33.8. The van der Waals surface area contributed by atoms with Gasteiger partial charge in [-0.3, -0.25) is 0 Å². The molecule has 0 N–H and O–H groups in total. The van der Waals surface area contributed by atoms with E-state index in [2.05, 4.69) is 198 Å². The molecule has 8 bridgehead atoms. The molecule has 14 fully saturated rings. The summed E-state index contributed by atoms with van der Waals surface area (Å²) in [4.78, 5) is 3.81. The van der Waals surface area contributed by atoms with Gasteiger partial charge in [0.05, 0.1) is 11.4 Å². The minimum atomic E-state index is -4.63. The standard InChI is InChI=1S/C80H94N2O12Si8/c1-3-33-65(34-4-1)81(78-51-25-29-61-27-7-23-49-76(61)78)67-57-63(58-68(59-67)82(66-35-5-2-6-36-66)79-52-26-30-62-28-8-24-50-77(62)79)60-53-55-75(56-54-60)101-89-97(71-41-15-16-42-71)84-95(69-37-11-12-38-69)80(64-31-9-10-32-64)83-96(70-39-13-14-40-70)86-98(88-97,72-43-17-18-44-72)90-99(92-101,73-45-19-20-46-73)91-100(87-96,74-47-21-22-48-74)93-102(80,85-95)94-101/h1-8,23-30,33-36,49-59,64,69-74H,9-22,31-32,37-48H2. The fourth-order valence-electron chi connectivity index (χ4n) is 21.8. The molecule has 7 heterocycles. The van der Waals surface area contributed by atoms with E-state index in [0.29, 0.717) is 0 Å². The van der Waals surface area contributed by atoms with E-state index in [4.69, 9.17) is 49.7 Å². The first-order valence-corrected chi connectivity index (χ1v) is 53.8. The third kappa shape index (κ3) is 10.0. The minimum Gasteiger partial charge on any atom is -0.392 e. The molecule has 102 heavy (non-hydrogen) atoms. The smallest absolute Gasteiger partial charge is 0.392 e. The highest BCUT2D eigenvalue weighted by Crippen LogP contribution is 2.73. The van der Waals surface area contributed by atoms with Gasteiger partial charge in [-0.1, -0.05) is 223 Å². The van der Waals surface area contributed by atoms with Gasteiger partial charge in [0, 0.05) is 72.0 Å². The van der Waals surface area contributed by atoms with Crippen LogP contribution < -0.4 is 15.0 Å². The maximum absolute atomic E-state index is 9.15. The first kappa shape index (κ1) is 65.4. The Morgan fingerprint density at radius 1 is 0.284 bits per heavy atom. The maximum atomic E-state index is 9.15. The van der Waals surface area contributed by atoms with E-state index in [1.54, 1.807) is 0 Å². The highest BCUT2D eigenvalue weighted by molar-refractivity contribution is 7.14. The van der Waals surface area contributed by atoms with Crippen molar-refractivity contribution in [3.63, 3.8) is 0 Å². The van der Waals surface area contributed by atoms with E-state index in [9.17, 15) is 0 Å². The quantitative estimate of drug-likeness (QED) is 0.0906. The van der Waals surface area contributed by atoms with Gasteiger partial charge in [-0.05, 0) is 172 Å². The number of hydrogen-bond acceptors (Lipinski definition) is 14. The van der Waals surface area contributed by atoms with Crippen LogP contribution in [0.25, 0.3) is 32.7 Å². The number of para-hydroxylation sites is 2. The van der Waals surface area contributed by atoms with Crippen molar-refractivity contribution >= 4 is 131 Å². The third-order valence-electron chi connectivity index (χ3n) is 26.5. The van der Waals surface area contributed by atoms with Crippen LogP contribution in [0.5, 0.6) is 0 Å². The van der Waals surface area contributed by atoms with Gasteiger partial charge in [0.1, 0.15) is 0 Å². The molecule has 14 aliphatic rings. The normalized spacial score (nSPS) is 35.1. The van der Waals surface area contributed by atoms with Crippen LogP contribution in [0.2, 0.25) is 33.2 Å². The molecule has 528 valence electrons. The lowest BCUT2D eigenvalue weighted by atomic mass is 10.0. The molecule has 8 aromatic rings. The Morgan fingerprint density at radius 2 is 0.667 bits per heavy atom. The fraction of sp³-hybridized carbons (Fsp3) is 0.450. The van der Waals surface area contributed by atoms with Crippen LogP contribution >= 0.6 is 0 Å². The summed E-state index contributed by atoms with van der Waals surface area (Å²) in [5.74, 6) is 0.0372. The molecule has 9 unspecified atom stereocenters. The number of rotatable bonds is 15. The number of hydrogen-bond donors (Lipinski definition) is 0. The molecule has 0 radical (unpaired) electrons. The third-order valence-corrected chi connectivity index (χ3v) is 67.8. The van der Waals surface area contributed by atoms with Crippen molar-refractivity contribution in [2.75, 3.05) is 9.80 Å². The van der Waals surface area contributed by atoms with Gasteiger partial charge in [0.25, 0.3) is 0 Å². The number of benzene rings is 8. The van der Waals surface area contributed by atoms with Crippen LogP contribution in [0.3, 0.4) is 0 Å². The van der Waals surface area contributed by atoms with Gasteiger partial charge < -0.3 is 59.5 Å². The predicted molar refractivity (Wildman–Crippen MR) is 413 cm³/mol. The van der Waals surface area contributed by atoms with Gasteiger partial charge >= 0.3 is 70.2 Å². The molecular weight excluding hydrogens is 1410 g/mol. The van der Waals surface area contributed by atoms with Crippen LogP contribution in [0, 0.1) is 5.92 Å². The summed E-state index contributed by atoms with van der Waals surface area (Å²) in [6.07, 6.45) is 28.3. The first-order chi connectivity index (χ1) is 50.2. The monoisotopic (exact) mass is 1500 g/mol. The Labute approximate surface area is 609 Å². The summed E-state index contributed by atoms with van der Waals surface area (Å²) in [5.41, 5.74) is 8.30. The second kappa shape index (κ2) is 25.1. The number of anilines is 6. The highest BCUT2D eigenvalue weighted by Gasteiger charge is 3.00.